The van der Waals surface area contributed by atoms with E-state index >= 15 is 0 Å². The molecule has 59 heavy (non-hydrogen) atoms. The summed E-state index contributed by atoms with van der Waals surface area (Å²) in [6.07, 6.45) is 0. The lowest BCUT2D eigenvalue weighted by atomic mass is 9.82. The molecular formula is C54H36N4O. The Balaban J connectivity index is 1.12. The van der Waals surface area contributed by atoms with Gasteiger partial charge >= 0.3 is 0 Å². The van der Waals surface area contributed by atoms with Crippen molar-refractivity contribution in [3.05, 3.63) is 193 Å². The van der Waals surface area contributed by atoms with Crippen molar-refractivity contribution in [1.29, 1.82) is 0 Å². The first-order valence-corrected chi connectivity index (χ1v) is 20.1. The van der Waals surface area contributed by atoms with Gasteiger partial charge in [-0.05, 0) is 75.8 Å². The van der Waals surface area contributed by atoms with Gasteiger partial charge in [-0.2, -0.15) is 0 Å². The summed E-state index contributed by atoms with van der Waals surface area (Å²) in [6.45, 7) is 4.61. The number of benzene rings is 8. The Morgan fingerprint density at radius 3 is 1.92 bits per heavy atom. The van der Waals surface area contributed by atoms with E-state index in [0.29, 0.717) is 17.5 Å². The van der Waals surface area contributed by atoms with E-state index in [4.69, 9.17) is 19.4 Å². The molecule has 11 aromatic rings. The van der Waals surface area contributed by atoms with Gasteiger partial charge in [-0.1, -0.05) is 153 Å². The van der Waals surface area contributed by atoms with E-state index < -0.39 is 0 Å². The minimum absolute atomic E-state index is 0.160. The fourth-order valence-corrected chi connectivity index (χ4v) is 9.44. The minimum Gasteiger partial charge on any atom is -0.456 e. The Morgan fingerprint density at radius 1 is 0.424 bits per heavy atom. The number of hydrogen-bond donors (Lipinski definition) is 0. The van der Waals surface area contributed by atoms with Crippen molar-refractivity contribution in [3.63, 3.8) is 0 Å². The van der Waals surface area contributed by atoms with Gasteiger partial charge in [0.05, 0.1) is 22.1 Å². The quantitative estimate of drug-likeness (QED) is 0.175. The summed E-state index contributed by atoms with van der Waals surface area (Å²) < 4.78 is 8.95. The third-order valence-corrected chi connectivity index (χ3v) is 12.3. The molecule has 5 heteroatoms. The Bertz CT molecular complexity index is 3470. The maximum absolute atomic E-state index is 6.57. The van der Waals surface area contributed by atoms with Crippen LogP contribution >= 0.6 is 0 Å². The third kappa shape index (κ3) is 5.08. The molecular weight excluding hydrogens is 721 g/mol. The lowest BCUT2D eigenvalue weighted by Crippen LogP contribution is -2.15. The molecule has 3 aromatic heterocycles. The van der Waals surface area contributed by atoms with Gasteiger partial charge < -0.3 is 8.98 Å². The smallest absolute Gasteiger partial charge is 0.166 e. The van der Waals surface area contributed by atoms with Gasteiger partial charge in [0, 0.05) is 38.3 Å². The second kappa shape index (κ2) is 12.7. The van der Waals surface area contributed by atoms with Crippen LogP contribution in [0.1, 0.15) is 25.0 Å². The number of para-hydroxylation sites is 2. The molecule has 0 unspecified atom stereocenters. The first-order chi connectivity index (χ1) is 29.0. The fourth-order valence-electron chi connectivity index (χ4n) is 9.44. The van der Waals surface area contributed by atoms with Crippen molar-refractivity contribution in [3.8, 4) is 62.1 Å². The molecule has 278 valence electrons. The normalized spacial score (nSPS) is 13.1. The van der Waals surface area contributed by atoms with E-state index in [0.717, 1.165) is 77.2 Å². The SMILES string of the molecule is CC1(C)c2ccccc2-c2ccc(-c3nc(-c4ccccc4)nc(-c4cccc5c6ccccc6n(-c6cccc7oc8ccc(-c9ccccc9)cc8c67)c45)n3)cc21. The highest BCUT2D eigenvalue weighted by molar-refractivity contribution is 6.17. The van der Waals surface area contributed by atoms with Crippen LogP contribution in [0.3, 0.4) is 0 Å². The fraction of sp³-hybridized carbons (Fsp3) is 0.0556. The maximum Gasteiger partial charge on any atom is 0.166 e. The summed E-state index contributed by atoms with van der Waals surface area (Å²) in [6, 6.07) is 64.1. The molecule has 0 N–H and O–H groups in total. The molecule has 0 saturated heterocycles. The van der Waals surface area contributed by atoms with Crippen molar-refractivity contribution in [1.82, 2.24) is 19.5 Å². The Labute approximate surface area is 340 Å². The van der Waals surface area contributed by atoms with Crippen molar-refractivity contribution < 1.29 is 4.42 Å². The molecule has 12 rings (SSSR count). The average Bonchev–Trinajstić information content (AvgIpc) is 3.92. The summed E-state index contributed by atoms with van der Waals surface area (Å²) in [4.78, 5) is 15.8. The molecule has 0 saturated carbocycles. The van der Waals surface area contributed by atoms with Crippen LogP contribution in [0.4, 0.5) is 0 Å². The van der Waals surface area contributed by atoms with E-state index in [9.17, 15) is 0 Å². The van der Waals surface area contributed by atoms with Gasteiger partial charge in [-0.15, -0.1) is 0 Å². The minimum atomic E-state index is -0.160. The summed E-state index contributed by atoms with van der Waals surface area (Å²) >= 11 is 0. The van der Waals surface area contributed by atoms with Crippen LogP contribution in [0.15, 0.2) is 186 Å². The predicted octanol–water partition coefficient (Wildman–Crippen LogP) is 13.8. The van der Waals surface area contributed by atoms with Gasteiger partial charge in [-0.25, -0.2) is 15.0 Å². The first-order valence-electron chi connectivity index (χ1n) is 20.1. The second-order valence-corrected chi connectivity index (χ2v) is 16.0. The van der Waals surface area contributed by atoms with E-state index in [1.165, 1.54) is 22.3 Å². The van der Waals surface area contributed by atoms with Gasteiger partial charge in [0.15, 0.2) is 17.5 Å². The van der Waals surface area contributed by atoms with Crippen molar-refractivity contribution in [2.45, 2.75) is 19.3 Å². The molecule has 0 amide bonds. The molecule has 1 aliphatic rings. The number of rotatable bonds is 5. The van der Waals surface area contributed by atoms with E-state index in [-0.39, 0.29) is 5.41 Å². The molecule has 0 spiro atoms. The average molecular weight is 757 g/mol. The second-order valence-electron chi connectivity index (χ2n) is 16.0. The molecule has 0 radical (unpaired) electrons. The summed E-state index contributed by atoms with van der Waals surface area (Å²) in [7, 11) is 0. The molecule has 5 nitrogen and oxygen atoms in total. The highest BCUT2D eigenvalue weighted by Crippen LogP contribution is 2.49. The maximum atomic E-state index is 6.57. The van der Waals surface area contributed by atoms with Crippen LogP contribution in [0.5, 0.6) is 0 Å². The zero-order valence-electron chi connectivity index (χ0n) is 32.5. The van der Waals surface area contributed by atoms with Gasteiger partial charge in [0.25, 0.3) is 0 Å². The summed E-state index contributed by atoms with van der Waals surface area (Å²) in [5.41, 5.74) is 15.0. The summed E-state index contributed by atoms with van der Waals surface area (Å²) in [5.74, 6) is 1.88. The third-order valence-electron chi connectivity index (χ3n) is 12.3. The molecule has 0 bridgehead atoms. The predicted molar refractivity (Wildman–Crippen MR) is 241 cm³/mol. The molecule has 8 aromatic carbocycles. The van der Waals surface area contributed by atoms with Crippen LogP contribution in [0, 0.1) is 0 Å². The number of nitrogens with zero attached hydrogens (tertiary/aromatic N) is 4. The van der Waals surface area contributed by atoms with E-state index in [1.807, 2.05) is 18.2 Å². The number of fused-ring (bicyclic) bond motifs is 9. The van der Waals surface area contributed by atoms with Crippen molar-refractivity contribution in [2.75, 3.05) is 0 Å². The van der Waals surface area contributed by atoms with Gasteiger partial charge in [-0.3, -0.25) is 0 Å². The van der Waals surface area contributed by atoms with Gasteiger partial charge in [0.2, 0.25) is 0 Å². The lowest BCUT2D eigenvalue weighted by Gasteiger charge is -2.21. The first kappa shape index (κ1) is 33.5. The van der Waals surface area contributed by atoms with Crippen molar-refractivity contribution in [2.24, 2.45) is 0 Å². The standard InChI is InChI=1S/C54H36N4O/c1-54(2)43-23-11-9-19-37(43)38-29-27-36(32-44(38)54)52-55-51(34-17-7-4-8-18-34)56-53(57-52)41-22-13-21-40-39-20-10-12-24-45(39)58(50(40)41)46-25-14-26-48-49(46)42-31-35(28-30-47(42)59-48)33-15-5-3-6-16-33/h3-32H,1-2H3. The van der Waals surface area contributed by atoms with Crippen LogP contribution < -0.4 is 0 Å². The van der Waals surface area contributed by atoms with E-state index in [2.05, 4.69) is 182 Å². The van der Waals surface area contributed by atoms with Crippen LogP contribution in [-0.2, 0) is 5.41 Å². The summed E-state index contributed by atoms with van der Waals surface area (Å²) in [5, 5.41) is 4.39. The Hall–Kier alpha value is -7.63. The molecule has 0 aliphatic heterocycles. The highest BCUT2D eigenvalue weighted by Gasteiger charge is 2.35. The number of hydrogen-bond acceptors (Lipinski definition) is 4. The molecule has 3 heterocycles. The monoisotopic (exact) mass is 756 g/mol. The van der Waals surface area contributed by atoms with Crippen molar-refractivity contribution >= 4 is 43.7 Å². The largest absolute Gasteiger partial charge is 0.456 e. The topological polar surface area (TPSA) is 56.7 Å². The highest BCUT2D eigenvalue weighted by atomic mass is 16.3. The zero-order chi connectivity index (χ0) is 39.2. The number of furan rings is 1. The molecule has 0 fully saturated rings. The number of aromatic nitrogens is 4. The van der Waals surface area contributed by atoms with Crippen LogP contribution in [0.25, 0.3) is 106 Å². The Kier molecular flexibility index (Phi) is 7.20. The zero-order valence-corrected chi connectivity index (χ0v) is 32.5. The lowest BCUT2D eigenvalue weighted by molar-refractivity contribution is 0.660. The Morgan fingerprint density at radius 2 is 1.07 bits per heavy atom. The molecule has 1 aliphatic carbocycles. The van der Waals surface area contributed by atoms with Crippen LogP contribution in [0.2, 0.25) is 0 Å². The van der Waals surface area contributed by atoms with Gasteiger partial charge in [0.1, 0.15) is 11.2 Å². The van der Waals surface area contributed by atoms with Crippen LogP contribution in [-0.4, -0.2) is 19.5 Å². The molecule has 0 atom stereocenters. The van der Waals surface area contributed by atoms with E-state index in [1.54, 1.807) is 0 Å².